The van der Waals surface area contributed by atoms with Gasteiger partial charge in [-0.05, 0) is 47.5 Å². The van der Waals surface area contributed by atoms with Crippen LogP contribution in [0.15, 0.2) is 71.4 Å². The Balaban J connectivity index is 1.84. The van der Waals surface area contributed by atoms with E-state index in [-0.39, 0.29) is 22.8 Å². The fourth-order valence-corrected chi connectivity index (χ4v) is 2.44. The summed E-state index contributed by atoms with van der Waals surface area (Å²) in [6.45, 7) is 0. The number of benzene rings is 2. The zero-order chi connectivity index (χ0) is 16.9. The molecular formula is C20H16O4. The molecule has 1 aromatic heterocycles. The van der Waals surface area contributed by atoms with Crippen LogP contribution in [0.4, 0.5) is 0 Å². The van der Waals surface area contributed by atoms with Crippen molar-refractivity contribution in [3.63, 3.8) is 0 Å². The number of phenolic OH excluding ortho intramolecular Hbond substituents is 2. The number of phenols is 2. The van der Waals surface area contributed by atoms with Crippen molar-refractivity contribution in [2.24, 2.45) is 0 Å². The maximum absolute atomic E-state index is 12.2. The highest BCUT2D eigenvalue weighted by Gasteiger charge is 2.10. The summed E-state index contributed by atoms with van der Waals surface area (Å²) in [5, 5.41) is 19.2. The second kappa shape index (κ2) is 6.87. The number of hydrogen-bond acceptors (Lipinski definition) is 4. The molecule has 0 spiro atoms. The van der Waals surface area contributed by atoms with Crippen molar-refractivity contribution < 1.29 is 19.4 Å². The van der Waals surface area contributed by atoms with E-state index in [2.05, 4.69) is 0 Å². The average Bonchev–Trinajstić information content (AvgIpc) is 3.09. The maximum atomic E-state index is 12.2. The SMILES string of the molecule is O=C(C=Cc1ccccc1Cc1ccco1)c1cc(O)ccc1O. The van der Waals surface area contributed by atoms with Crippen LogP contribution >= 0.6 is 0 Å². The summed E-state index contributed by atoms with van der Waals surface area (Å²) < 4.78 is 5.36. The van der Waals surface area contributed by atoms with Gasteiger partial charge in [0.25, 0.3) is 0 Å². The van der Waals surface area contributed by atoms with E-state index in [1.807, 2.05) is 36.4 Å². The van der Waals surface area contributed by atoms with E-state index in [0.29, 0.717) is 6.42 Å². The standard InChI is InChI=1S/C20H16O4/c21-16-8-10-20(23)18(13-16)19(22)9-7-14-4-1-2-5-15(14)12-17-6-3-11-24-17/h1-11,13,21,23H,12H2. The summed E-state index contributed by atoms with van der Waals surface area (Å²) in [6, 6.07) is 15.3. The van der Waals surface area contributed by atoms with Crippen molar-refractivity contribution in [3.05, 3.63) is 89.4 Å². The van der Waals surface area contributed by atoms with Gasteiger partial charge in [0.2, 0.25) is 0 Å². The first kappa shape index (κ1) is 15.6. The van der Waals surface area contributed by atoms with Crippen LogP contribution in [-0.2, 0) is 6.42 Å². The average molecular weight is 320 g/mol. The van der Waals surface area contributed by atoms with Crippen LogP contribution in [0.2, 0.25) is 0 Å². The molecule has 0 atom stereocenters. The largest absolute Gasteiger partial charge is 0.508 e. The van der Waals surface area contributed by atoms with Crippen LogP contribution in [0.3, 0.4) is 0 Å². The molecule has 2 N–H and O–H groups in total. The molecule has 0 aliphatic rings. The zero-order valence-electron chi connectivity index (χ0n) is 12.8. The van der Waals surface area contributed by atoms with Gasteiger partial charge in [-0.15, -0.1) is 0 Å². The van der Waals surface area contributed by atoms with E-state index in [1.165, 1.54) is 24.3 Å². The molecule has 0 unspecified atom stereocenters. The summed E-state index contributed by atoms with van der Waals surface area (Å²) in [4.78, 5) is 12.2. The Morgan fingerprint density at radius 2 is 1.88 bits per heavy atom. The third-order valence-electron chi connectivity index (χ3n) is 3.66. The van der Waals surface area contributed by atoms with Crippen LogP contribution in [0, 0.1) is 0 Å². The first-order valence-electron chi connectivity index (χ1n) is 7.48. The van der Waals surface area contributed by atoms with E-state index in [4.69, 9.17) is 4.42 Å². The molecule has 3 rings (SSSR count). The predicted octanol–water partition coefficient (Wildman–Crippen LogP) is 4.18. The number of ketones is 1. The van der Waals surface area contributed by atoms with Crippen molar-refractivity contribution in [3.8, 4) is 11.5 Å². The number of aromatic hydroxyl groups is 2. The lowest BCUT2D eigenvalue weighted by atomic mass is 10.0. The van der Waals surface area contributed by atoms with Gasteiger partial charge in [-0.3, -0.25) is 4.79 Å². The highest BCUT2D eigenvalue weighted by molar-refractivity contribution is 6.08. The number of hydrogen-bond donors (Lipinski definition) is 2. The highest BCUT2D eigenvalue weighted by atomic mass is 16.3. The van der Waals surface area contributed by atoms with Crippen molar-refractivity contribution in [2.45, 2.75) is 6.42 Å². The van der Waals surface area contributed by atoms with Crippen LogP contribution in [0.1, 0.15) is 27.2 Å². The van der Waals surface area contributed by atoms with Gasteiger partial charge >= 0.3 is 0 Å². The molecule has 0 radical (unpaired) electrons. The van der Waals surface area contributed by atoms with Crippen molar-refractivity contribution in [1.82, 2.24) is 0 Å². The van der Waals surface area contributed by atoms with Gasteiger partial charge in [-0.1, -0.05) is 30.3 Å². The first-order valence-corrected chi connectivity index (χ1v) is 7.48. The van der Waals surface area contributed by atoms with E-state index in [9.17, 15) is 15.0 Å². The van der Waals surface area contributed by atoms with E-state index in [1.54, 1.807) is 12.3 Å². The van der Waals surface area contributed by atoms with Crippen molar-refractivity contribution in [2.75, 3.05) is 0 Å². The lowest BCUT2D eigenvalue weighted by Gasteiger charge is -2.04. The predicted molar refractivity (Wildman–Crippen MR) is 91.1 cm³/mol. The van der Waals surface area contributed by atoms with Gasteiger partial charge < -0.3 is 14.6 Å². The third-order valence-corrected chi connectivity index (χ3v) is 3.66. The smallest absolute Gasteiger partial charge is 0.189 e. The molecule has 0 aliphatic carbocycles. The molecule has 120 valence electrons. The Hall–Kier alpha value is -3.27. The summed E-state index contributed by atoms with van der Waals surface area (Å²) in [6.07, 6.45) is 5.33. The van der Waals surface area contributed by atoms with Crippen LogP contribution in [0.25, 0.3) is 6.08 Å². The fourth-order valence-electron chi connectivity index (χ4n) is 2.44. The maximum Gasteiger partial charge on any atom is 0.189 e. The molecule has 1 heterocycles. The number of furan rings is 1. The third kappa shape index (κ3) is 3.55. The minimum atomic E-state index is -0.379. The van der Waals surface area contributed by atoms with Crippen LogP contribution in [-0.4, -0.2) is 16.0 Å². The first-order chi connectivity index (χ1) is 11.6. The van der Waals surface area contributed by atoms with E-state index >= 15 is 0 Å². The van der Waals surface area contributed by atoms with Crippen LogP contribution in [0.5, 0.6) is 11.5 Å². The molecule has 0 bridgehead atoms. The molecule has 4 nitrogen and oxygen atoms in total. The molecule has 4 heteroatoms. The summed E-state index contributed by atoms with van der Waals surface area (Å²) >= 11 is 0. The Morgan fingerprint density at radius 1 is 1.04 bits per heavy atom. The van der Waals surface area contributed by atoms with Crippen molar-refractivity contribution in [1.29, 1.82) is 0 Å². The molecular weight excluding hydrogens is 304 g/mol. The summed E-state index contributed by atoms with van der Waals surface area (Å²) in [5.74, 6) is 0.234. The van der Waals surface area contributed by atoms with Gasteiger partial charge in [0.1, 0.15) is 17.3 Å². The summed E-state index contributed by atoms with van der Waals surface area (Å²) in [5.41, 5.74) is 1.98. The second-order valence-electron chi connectivity index (χ2n) is 5.35. The van der Waals surface area contributed by atoms with E-state index < -0.39 is 0 Å². The lowest BCUT2D eigenvalue weighted by Crippen LogP contribution is -1.95. The molecule has 24 heavy (non-hydrogen) atoms. The fraction of sp³-hybridized carbons (Fsp3) is 0.0500. The minimum absolute atomic E-state index is 0.0646. The van der Waals surface area contributed by atoms with Gasteiger partial charge in [0.15, 0.2) is 5.78 Å². The molecule has 2 aromatic carbocycles. The van der Waals surface area contributed by atoms with Crippen molar-refractivity contribution >= 4 is 11.9 Å². The molecule has 0 saturated carbocycles. The number of carbonyl (C=O) groups excluding carboxylic acids is 1. The zero-order valence-corrected chi connectivity index (χ0v) is 12.8. The van der Waals surface area contributed by atoms with Gasteiger partial charge in [-0.2, -0.15) is 0 Å². The van der Waals surface area contributed by atoms with E-state index in [0.717, 1.165) is 16.9 Å². The monoisotopic (exact) mass is 320 g/mol. The highest BCUT2D eigenvalue weighted by Crippen LogP contribution is 2.23. The Labute approximate surface area is 139 Å². The topological polar surface area (TPSA) is 70.7 Å². The normalized spacial score (nSPS) is 11.0. The number of carbonyl (C=O) groups is 1. The molecule has 0 fully saturated rings. The summed E-state index contributed by atoms with van der Waals surface area (Å²) in [7, 11) is 0. The second-order valence-corrected chi connectivity index (χ2v) is 5.35. The quantitative estimate of drug-likeness (QED) is 0.420. The Kier molecular flexibility index (Phi) is 4.47. The Bertz CT molecular complexity index is 876. The van der Waals surface area contributed by atoms with Gasteiger partial charge in [0.05, 0.1) is 11.8 Å². The molecule has 0 aliphatic heterocycles. The van der Waals surface area contributed by atoms with Crippen LogP contribution < -0.4 is 0 Å². The molecule has 3 aromatic rings. The van der Waals surface area contributed by atoms with Gasteiger partial charge in [-0.25, -0.2) is 0 Å². The Morgan fingerprint density at radius 3 is 2.67 bits per heavy atom. The lowest BCUT2D eigenvalue weighted by molar-refractivity contribution is 0.104. The molecule has 0 saturated heterocycles. The minimum Gasteiger partial charge on any atom is -0.508 e. The number of rotatable bonds is 5. The molecule has 0 amide bonds. The number of allylic oxidation sites excluding steroid dienone is 1. The van der Waals surface area contributed by atoms with Gasteiger partial charge in [0, 0.05) is 6.42 Å².